The molecular weight excluding hydrogens is 611 g/mol. The summed E-state index contributed by atoms with van der Waals surface area (Å²) in [5.74, 6) is -0.157. The summed E-state index contributed by atoms with van der Waals surface area (Å²) >= 11 is 0. The molecular formula is C32H45N6O7P. The Labute approximate surface area is 269 Å². The van der Waals surface area contributed by atoms with Crippen LogP contribution in [0.2, 0.25) is 0 Å². The van der Waals surface area contributed by atoms with Crippen molar-refractivity contribution in [2.24, 2.45) is 11.3 Å². The lowest BCUT2D eigenvalue weighted by Gasteiger charge is -2.29. The molecule has 0 aliphatic rings. The number of ether oxygens (including phenoxy) is 3. The van der Waals surface area contributed by atoms with E-state index in [1.807, 2.05) is 76.4 Å². The Morgan fingerprint density at radius 2 is 1.78 bits per heavy atom. The Bertz CT molecular complexity index is 1680. The second-order valence-corrected chi connectivity index (χ2v) is 14.4. The van der Waals surface area contributed by atoms with Crippen LogP contribution in [-0.2, 0) is 23.4 Å². The van der Waals surface area contributed by atoms with E-state index in [4.69, 9.17) is 29.0 Å². The van der Waals surface area contributed by atoms with Crippen LogP contribution in [0.1, 0.15) is 54.0 Å². The van der Waals surface area contributed by atoms with Crippen molar-refractivity contribution in [3.8, 4) is 11.6 Å². The zero-order valence-corrected chi connectivity index (χ0v) is 28.6. The first kappa shape index (κ1) is 35.1. The van der Waals surface area contributed by atoms with Gasteiger partial charge in [0.15, 0.2) is 11.2 Å². The number of aromatic nitrogens is 4. The van der Waals surface area contributed by atoms with E-state index in [-0.39, 0.29) is 42.4 Å². The highest BCUT2D eigenvalue weighted by atomic mass is 31.2. The minimum absolute atomic E-state index is 0.0586. The van der Waals surface area contributed by atoms with E-state index >= 15 is 0 Å². The van der Waals surface area contributed by atoms with Crippen LogP contribution in [-0.4, -0.2) is 65.1 Å². The molecule has 13 nitrogen and oxygen atoms in total. The maximum absolute atomic E-state index is 14.6. The van der Waals surface area contributed by atoms with Crippen LogP contribution in [0.25, 0.3) is 21.9 Å². The first-order valence-corrected chi connectivity index (χ1v) is 16.7. The summed E-state index contributed by atoms with van der Waals surface area (Å²) in [6.07, 6.45) is 1.51. The molecule has 46 heavy (non-hydrogen) atoms. The summed E-state index contributed by atoms with van der Waals surface area (Å²) in [6.45, 7) is 11.6. The number of nitrogen functional groups attached to an aromatic ring is 1. The standard InChI is InChI=1S/C32H45N6O7P/c1-20(2)26(30(39)43-18-32(4,5)6)37-46(40,45-25-15-11-13-22-12-9-10-14-24(22)25)44-17-23(41-7)16-21(3)38-19-34-27-28(38)35-31(33)36-29(27)42-8/h9-15,19-21,23,26H,16-18H2,1-8H3,(H,37,40)(H2,33,35,36)/t21-,23-,26?,46?/m0/s1. The maximum Gasteiger partial charge on any atom is 0.459 e. The fourth-order valence-corrected chi connectivity index (χ4v) is 6.50. The number of anilines is 1. The van der Waals surface area contributed by atoms with Crippen molar-refractivity contribution < 1.29 is 32.6 Å². The molecule has 0 saturated heterocycles. The molecule has 14 heteroatoms. The Hall–Kier alpha value is -3.77. The summed E-state index contributed by atoms with van der Waals surface area (Å²) in [7, 11) is -1.17. The molecule has 2 unspecified atom stereocenters. The van der Waals surface area contributed by atoms with Gasteiger partial charge in [-0.2, -0.15) is 15.1 Å². The molecule has 250 valence electrons. The largest absolute Gasteiger partial charge is 0.479 e. The number of nitrogens with one attached hydrogen (secondary N) is 1. The van der Waals surface area contributed by atoms with Gasteiger partial charge in [-0.15, -0.1) is 0 Å². The van der Waals surface area contributed by atoms with Crippen LogP contribution in [0.4, 0.5) is 5.95 Å². The number of imidazole rings is 1. The number of rotatable bonds is 15. The molecule has 0 saturated carbocycles. The Morgan fingerprint density at radius 3 is 2.46 bits per heavy atom. The smallest absolute Gasteiger partial charge is 0.459 e. The van der Waals surface area contributed by atoms with Gasteiger partial charge < -0.3 is 29.0 Å². The monoisotopic (exact) mass is 656 g/mol. The van der Waals surface area contributed by atoms with Gasteiger partial charge in [0, 0.05) is 18.5 Å². The van der Waals surface area contributed by atoms with Gasteiger partial charge >= 0.3 is 13.7 Å². The predicted octanol–water partition coefficient (Wildman–Crippen LogP) is 5.94. The normalized spacial score (nSPS) is 15.4. The number of hydrogen-bond donors (Lipinski definition) is 2. The van der Waals surface area contributed by atoms with Crippen molar-refractivity contribution in [3.05, 3.63) is 48.8 Å². The third kappa shape index (κ3) is 8.73. The van der Waals surface area contributed by atoms with Crippen molar-refractivity contribution >= 4 is 41.6 Å². The molecule has 0 spiro atoms. The van der Waals surface area contributed by atoms with Gasteiger partial charge in [0.2, 0.25) is 11.8 Å². The zero-order chi connectivity index (χ0) is 33.6. The second-order valence-electron chi connectivity index (χ2n) is 12.7. The molecule has 4 atom stereocenters. The minimum atomic E-state index is -4.20. The molecule has 3 N–H and O–H groups in total. The summed E-state index contributed by atoms with van der Waals surface area (Å²) in [5.41, 5.74) is 6.63. The number of fused-ring (bicyclic) bond motifs is 2. The van der Waals surface area contributed by atoms with Gasteiger partial charge in [-0.05, 0) is 36.1 Å². The number of hydrogen-bond acceptors (Lipinski definition) is 11. The van der Waals surface area contributed by atoms with Crippen molar-refractivity contribution in [2.75, 3.05) is 33.2 Å². The number of nitrogens with zero attached hydrogens (tertiary/aromatic N) is 4. The van der Waals surface area contributed by atoms with Gasteiger partial charge in [0.25, 0.3) is 0 Å². The lowest BCUT2D eigenvalue weighted by atomic mass is 9.98. The summed E-state index contributed by atoms with van der Waals surface area (Å²) in [4.78, 5) is 26.1. The second kappa shape index (κ2) is 14.8. The fourth-order valence-electron chi connectivity index (χ4n) is 4.80. The quantitative estimate of drug-likeness (QED) is 0.115. The van der Waals surface area contributed by atoms with E-state index < -0.39 is 25.9 Å². The Balaban J connectivity index is 1.59. The van der Waals surface area contributed by atoms with Crippen molar-refractivity contribution in [1.29, 1.82) is 0 Å². The molecule has 4 aromatic rings. The van der Waals surface area contributed by atoms with Crippen LogP contribution in [0.3, 0.4) is 0 Å². The number of nitrogens with two attached hydrogens (primary N) is 1. The third-order valence-corrected chi connectivity index (χ3v) is 8.80. The van der Waals surface area contributed by atoms with E-state index in [1.54, 1.807) is 25.6 Å². The lowest BCUT2D eigenvalue weighted by molar-refractivity contribution is -0.149. The zero-order valence-electron chi connectivity index (χ0n) is 27.7. The van der Waals surface area contributed by atoms with Gasteiger partial charge in [0.1, 0.15) is 11.8 Å². The van der Waals surface area contributed by atoms with E-state index in [1.165, 1.54) is 7.11 Å². The van der Waals surface area contributed by atoms with Gasteiger partial charge in [0.05, 0.1) is 32.8 Å². The third-order valence-electron chi connectivity index (χ3n) is 7.28. The first-order chi connectivity index (χ1) is 21.7. The molecule has 2 aromatic heterocycles. The van der Waals surface area contributed by atoms with Gasteiger partial charge in [-0.25, -0.2) is 9.55 Å². The van der Waals surface area contributed by atoms with Crippen LogP contribution in [0.15, 0.2) is 48.8 Å². The maximum atomic E-state index is 14.6. The molecule has 2 aromatic carbocycles. The van der Waals surface area contributed by atoms with Gasteiger partial charge in [-0.1, -0.05) is 71.0 Å². The lowest BCUT2D eigenvalue weighted by Crippen LogP contribution is -2.42. The highest BCUT2D eigenvalue weighted by Gasteiger charge is 2.38. The van der Waals surface area contributed by atoms with E-state index in [0.717, 1.165) is 10.8 Å². The predicted molar refractivity (Wildman–Crippen MR) is 177 cm³/mol. The van der Waals surface area contributed by atoms with E-state index in [0.29, 0.717) is 23.3 Å². The van der Waals surface area contributed by atoms with Crippen LogP contribution in [0, 0.1) is 11.3 Å². The molecule has 0 fully saturated rings. The number of carbonyl (C=O) groups is 1. The molecule has 2 heterocycles. The molecule has 0 amide bonds. The molecule has 0 radical (unpaired) electrons. The van der Waals surface area contributed by atoms with Crippen LogP contribution < -0.4 is 20.1 Å². The summed E-state index contributed by atoms with van der Waals surface area (Å²) in [5, 5.41) is 4.54. The molecule has 4 rings (SSSR count). The summed E-state index contributed by atoms with van der Waals surface area (Å²) < 4.78 is 45.3. The Kier molecular flexibility index (Phi) is 11.3. The van der Waals surface area contributed by atoms with Crippen molar-refractivity contribution in [2.45, 2.75) is 66.2 Å². The van der Waals surface area contributed by atoms with Crippen molar-refractivity contribution in [3.63, 3.8) is 0 Å². The van der Waals surface area contributed by atoms with E-state index in [9.17, 15) is 9.36 Å². The van der Waals surface area contributed by atoms with Crippen LogP contribution >= 0.6 is 7.75 Å². The Morgan fingerprint density at radius 1 is 1.07 bits per heavy atom. The average molecular weight is 657 g/mol. The number of benzene rings is 2. The highest BCUT2D eigenvalue weighted by Crippen LogP contribution is 2.47. The number of esters is 1. The average Bonchev–Trinajstić information content (AvgIpc) is 3.44. The topological polar surface area (TPSA) is 162 Å². The van der Waals surface area contributed by atoms with Crippen LogP contribution in [0.5, 0.6) is 11.6 Å². The molecule has 0 aliphatic carbocycles. The minimum Gasteiger partial charge on any atom is -0.479 e. The molecule has 0 aliphatic heterocycles. The fraction of sp³-hybridized carbons (Fsp3) is 0.500. The van der Waals surface area contributed by atoms with Crippen molar-refractivity contribution in [1.82, 2.24) is 24.6 Å². The first-order valence-electron chi connectivity index (χ1n) is 15.2. The highest BCUT2D eigenvalue weighted by molar-refractivity contribution is 7.52. The summed E-state index contributed by atoms with van der Waals surface area (Å²) in [6, 6.07) is 11.9. The number of methoxy groups -OCH3 is 2. The SMILES string of the molecule is COc1nc(N)nc2c1ncn2[C@@H](C)C[C@@H](COP(=O)(NC(C(=O)OCC(C)(C)C)C(C)C)Oc1cccc2ccccc12)OC. The molecule has 0 bridgehead atoms. The van der Waals surface area contributed by atoms with Gasteiger partial charge in [-0.3, -0.25) is 9.32 Å². The van der Waals surface area contributed by atoms with E-state index in [2.05, 4.69) is 20.0 Å². The number of carbonyl (C=O) groups excluding carboxylic acids is 1.